The second-order valence-corrected chi connectivity index (χ2v) is 7.27. The zero-order chi connectivity index (χ0) is 22.9. The van der Waals surface area contributed by atoms with Crippen molar-refractivity contribution in [3.8, 4) is 0 Å². The van der Waals surface area contributed by atoms with Crippen LogP contribution in [0.1, 0.15) is 46.3 Å². The van der Waals surface area contributed by atoms with Gasteiger partial charge >= 0.3 is 6.18 Å². The van der Waals surface area contributed by atoms with Gasteiger partial charge in [0, 0.05) is 32.7 Å². The summed E-state index contributed by atoms with van der Waals surface area (Å²) >= 11 is 0. The van der Waals surface area contributed by atoms with E-state index < -0.39 is 11.7 Å². The molecule has 5 nitrogen and oxygen atoms in total. The number of amides is 1. The van der Waals surface area contributed by atoms with E-state index >= 15 is 0 Å². The van der Waals surface area contributed by atoms with E-state index in [9.17, 15) is 18.0 Å². The quantitative estimate of drug-likeness (QED) is 0.251. The molecule has 0 spiro atoms. The molecule has 0 aliphatic carbocycles. The fourth-order valence-electron chi connectivity index (χ4n) is 3.15. The van der Waals surface area contributed by atoms with Gasteiger partial charge in [-0.15, -0.1) is 24.0 Å². The predicted molar refractivity (Wildman–Crippen MR) is 133 cm³/mol. The van der Waals surface area contributed by atoms with Gasteiger partial charge in [-0.2, -0.15) is 13.2 Å². The van der Waals surface area contributed by atoms with Gasteiger partial charge in [0.2, 0.25) is 0 Å². The van der Waals surface area contributed by atoms with E-state index in [4.69, 9.17) is 0 Å². The molecule has 0 heterocycles. The van der Waals surface area contributed by atoms with Gasteiger partial charge in [0.05, 0.1) is 5.56 Å². The van der Waals surface area contributed by atoms with Crippen molar-refractivity contribution >= 4 is 35.8 Å². The molecule has 2 aromatic rings. The first-order valence-electron chi connectivity index (χ1n) is 10.2. The van der Waals surface area contributed by atoms with Crippen LogP contribution in [0.2, 0.25) is 0 Å². The lowest BCUT2D eigenvalue weighted by Crippen LogP contribution is -2.39. The summed E-state index contributed by atoms with van der Waals surface area (Å²) in [6, 6.07) is 12.9. The Morgan fingerprint density at radius 1 is 1.06 bits per heavy atom. The molecule has 2 aromatic carbocycles. The van der Waals surface area contributed by atoms with Crippen molar-refractivity contribution in [3.63, 3.8) is 0 Å². The third kappa shape index (κ3) is 8.68. The van der Waals surface area contributed by atoms with Crippen LogP contribution in [-0.4, -0.2) is 39.1 Å². The third-order valence-electron chi connectivity index (χ3n) is 5.00. The maximum absolute atomic E-state index is 12.9. The second kappa shape index (κ2) is 13.3. The van der Waals surface area contributed by atoms with E-state index in [1.165, 1.54) is 12.1 Å². The number of benzene rings is 2. The number of rotatable bonds is 8. The smallest absolute Gasteiger partial charge is 0.356 e. The molecule has 0 aromatic heterocycles. The lowest BCUT2D eigenvalue weighted by molar-refractivity contribution is -0.137. The summed E-state index contributed by atoms with van der Waals surface area (Å²) in [7, 11) is 3.26. The van der Waals surface area contributed by atoms with Gasteiger partial charge in [-0.05, 0) is 48.1 Å². The predicted octanol–water partition coefficient (Wildman–Crippen LogP) is 4.58. The number of halogens is 4. The molecule has 0 aliphatic rings. The summed E-state index contributed by atoms with van der Waals surface area (Å²) in [5.41, 5.74) is 1.69. The molecule has 1 unspecified atom stereocenters. The van der Waals surface area contributed by atoms with Crippen LogP contribution in [0.5, 0.6) is 0 Å². The second-order valence-electron chi connectivity index (χ2n) is 7.27. The van der Waals surface area contributed by atoms with Crippen LogP contribution in [0.4, 0.5) is 13.2 Å². The molecule has 0 saturated heterocycles. The molecule has 9 heteroatoms. The molecule has 2 rings (SSSR count). The monoisotopic (exact) mass is 562 g/mol. The molecule has 1 amide bonds. The first kappa shape index (κ1) is 27.7. The van der Waals surface area contributed by atoms with Crippen molar-refractivity contribution in [2.24, 2.45) is 4.99 Å². The Kier molecular flexibility index (Phi) is 11.5. The van der Waals surface area contributed by atoms with Gasteiger partial charge < -0.3 is 16.0 Å². The van der Waals surface area contributed by atoms with Gasteiger partial charge in [0.15, 0.2) is 5.96 Å². The van der Waals surface area contributed by atoms with Crippen LogP contribution >= 0.6 is 24.0 Å². The van der Waals surface area contributed by atoms with Crippen LogP contribution < -0.4 is 16.0 Å². The molecular weight excluding hydrogens is 532 g/mol. The number of nitrogens with one attached hydrogen (secondary N) is 3. The minimum atomic E-state index is -4.33. The SMILES string of the molecule is CN=C(NCCc1cccc(C(=O)NC)c1)NCCC(C)c1cccc(C(F)(F)F)c1.I. The minimum Gasteiger partial charge on any atom is -0.356 e. The fraction of sp³-hybridized carbons (Fsp3) is 0.391. The van der Waals surface area contributed by atoms with Gasteiger partial charge in [0.25, 0.3) is 5.91 Å². The summed E-state index contributed by atoms with van der Waals surface area (Å²) in [4.78, 5) is 15.9. The first-order valence-corrected chi connectivity index (χ1v) is 10.2. The van der Waals surface area contributed by atoms with Gasteiger partial charge in [-0.1, -0.05) is 37.3 Å². The molecule has 0 aliphatic heterocycles. The number of aliphatic imine (C=N–C) groups is 1. The van der Waals surface area contributed by atoms with E-state index in [1.54, 1.807) is 26.2 Å². The van der Waals surface area contributed by atoms with Crippen molar-refractivity contribution in [1.29, 1.82) is 0 Å². The zero-order valence-electron chi connectivity index (χ0n) is 18.4. The highest BCUT2D eigenvalue weighted by atomic mass is 127. The Bertz CT molecular complexity index is 903. The number of hydrogen-bond donors (Lipinski definition) is 3. The highest BCUT2D eigenvalue weighted by Gasteiger charge is 2.30. The maximum atomic E-state index is 12.9. The number of carbonyl (C=O) groups is 1. The van der Waals surface area contributed by atoms with E-state index in [2.05, 4.69) is 20.9 Å². The normalized spacial score (nSPS) is 12.5. The molecule has 0 fully saturated rings. The lowest BCUT2D eigenvalue weighted by Gasteiger charge is -2.16. The Hall–Kier alpha value is -2.30. The van der Waals surface area contributed by atoms with Crippen LogP contribution in [0.3, 0.4) is 0 Å². The van der Waals surface area contributed by atoms with Crippen molar-refractivity contribution in [2.75, 3.05) is 27.2 Å². The van der Waals surface area contributed by atoms with E-state index in [1.807, 2.05) is 25.1 Å². The van der Waals surface area contributed by atoms with Crippen LogP contribution in [-0.2, 0) is 12.6 Å². The van der Waals surface area contributed by atoms with E-state index in [0.717, 1.165) is 11.6 Å². The van der Waals surface area contributed by atoms with E-state index in [0.29, 0.717) is 43.0 Å². The topological polar surface area (TPSA) is 65.5 Å². The molecule has 3 N–H and O–H groups in total. The summed E-state index contributed by atoms with van der Waals surface area (Å²) in [6.45, 7) is 3.11. The Morgan fingerprint density at radius 2 is 1.75 bits per heavy atom. The van der Waals surface area contributed by atoms with Crippen molar-refractivity contribution < 1.29 is 18.0 Å². The van der Waals surface area contributed by atoms with Crippen molar-refractivity contribution in [1.82, 2.24) is 16.0 Å². The first-order chi connectivity index (χ1) is 14.7. The largest absolute Gasteiger partial charge is 0.416 e. The van der Waals surface area contributed by atoms with Gasteiger partial charge in [-0.25, -0.2) is 0 Å². The molecule has 0 radical (unpaired) electrons. The highest BCUT2D eigenvalue weighted by molar-refractivity contribution is 14.0. The third-order valence-corrected chi connectivity index (χ3v) is 5.00. The Labute approximate surface area is 204 Å². The molecule has 1 atom stereocenters. The number of guanidine groups is 1. The van der Waals surface area contributed by atoms with Crippen molar-refractivity contribution in [3.05, 3.63) is 70.8 Å². The van der Waals surface area contributed by atoms with Gasteiger partial charge in [0.1, 0.15) is 0 Å². The minimum absolute atomic E-state index is 0. The van der Waals surface area contributed by atoms with E-state index in [-0.39, 0.29) is 35.8 Å². The molecular formula is C23H30F3IN4O. The van der Waals surface area contributed by atoms with Crippen LogP contribution in [0.25, 0.3) is 0 Å². The summed E-state index contributed by atoms with van der Waals surface area (Å²) in [5.74, 6) is 0.473. The molecule has 0 bridgehead atoms. The average Bonchev–Trinajstić information content (AvgIpc) is 2.77. The summed E-state index contributed by atoms with van der Waals surface area (Å²) in [6.07, 6.45) is -2.96. The van der Waals surface area contributed by atoms with Crippen LogP contribution in [0, 0.1) is 0 Å². The van der Waals surface area contributed by atoms with Crippen LogP contribution in [0.15, 0.2) is 53.5 Å². The number of alkyl halides is 3. The standard InChI is InChI=1S/C23H29F3N4O.HI/c1-16(18-7-5-9-20(15-18)23(24,25)26)10-12-29-22(28-3)30-13-11-17-6-4-8-19(14-17)21(31)27-2;/h4-9,14-16H,10-13H2,1-3H3,(H,27,31)(H2,28,29,30);1H. The Morgan fingerprint density at radius 3 is 2.41 bits per heavy atom. The van der Waals surface area contributed by atoms with Gasteiger partial charge in [-0.3, -0.25) is 9.79 Å². The molecule has 176 valence electrons. The average molecular weight is 562 g/mol. The Balaban J connectivity index is 0.00000512. The number of carbonyl (C=O) groups excluding carboxylic acids is 1. The maximum Gasteiger partial charge on any atom is 0.416 e. The van der Waals surface area contributed by atoms with Crippen molar-refractivity contribution in [2.45, 2.75) is 31.9 Å². The number of nitrogens with zero attached hydrogens (tertiary/aromatic N) is 1. The number of hydrogen-bond acceptors (Lipinski definition) is 2. The molecule has 0 saturated carbocycles. The molecule has 32 heavy (non-hydrogen) atoms. The zero-order valence-corrected chi connectivity index (χ0v) is 20.8. The highest BCUT2D eigenvalue weighted by Crippen LogP contribution is 2.31. The summed E-state index contributed by atoms with van der Waals surface area (Å²) in [5, 5.41) is 9.01. The fourth-order valence-corrected chi connectivity index (χ4v) is 3.15. The summed E-state index contributed by atoms with van der Waals surface area (Å²) < 4.78 is 38.7. The lowest BCUT2D eigenvalue weighted by atomic mass is 9.96.